The van der Waals surface area contributed by atoms with Crippen LogP contribution in [0.2, 0.25) is 15.1 Å². The molecule has 0 amide bonds. The number of hydrogen-bond donors (Lipinski definition) is 1. The van der Waals surface area contributed by atoms with Crippen LogP contribution in [0.25, 0.3) is 0 Å². The molecule has 1 aliphatic heterocycles. The number of nitrogens with zero attached hydrogens (tertiary/aromatic N) is 1. The molecule has 0 aromatic heterocycles. The Balaban J connectivity index is 1.49. The molecule has 0 saturated carbocycles. The molecular weight excluding hydrogens is 491 g/mol. The van der Waals surface area contributed by atoms with Crippen LogP contribution in [-0.2, 0) is 13.2 Å². The van der Waals surface area contributed by atoms with Crippen molar-refractivity contribution in [2.24, 2.45) is 0 Å². The van der Waals surface area contributed by atoms with Gasteiger partial charge in [0.25, 0.3) is 0 Å². The van der Waals surface area contributed by atoms with Crippen LogP contribution in [0.5, 0.6) is 11.5 Å². The Morgan fingerprint density at radius 1 is 0.853 bits per heavy atom. The molecule has 3 aromatic carbocycles. The number of para-hydroxylation sites is 1. The van der Waals surface area contributed by atoms with Crippen molar-refractivity contribution in [2.75, 3.05) is 29.9 Å². The Bertz CT molecular complexity index is 1120. The number of ether oxygens (including phenoxy) is 2. The van der Waals surface area contributed by atoms with Gasteiger partial charge in [-0.2, -0.15) is 0 Å². The molecule has 7 heteroatoms. The first-order valence-corrected chi connectivity index (χ1v) is 12.8. The van der Waals surface area contributed by atoms with Crippen LogP contribution in [0.1, 0.15) is 37.3 Å². The van der Waals surface area contributed by atoms with Crippen molar-refractivity contribution in [1.82, 2.24) is 0 Å². The van der Waals surface area contributed by atoms with Crippen molar-refractivity contribution < 1.29 is 9.47 Å². The van der Waals surface area contributed by atoms with Crippen LogP contribution in [0.15, 0.2) is 54.6 Å². The van der Waals surface area contributed by atoms with Gasteiger partial charge in [0.15, 0.2) is 11.5 Å². The molecule has 180 valence electrons. The Hall–Kier alpha value is -2.27. The smallest absolute Gasteiger partial charge is 0.166 e. The van der Waals surface area contributed by atoms with Gasteiger partial charge in [-0.25, -0.2) is 0 Å². The monoisotopic (exact) mass is 518 g/mol. The summed E-state index contributed by atoms with van der Waals surface area (Å²) in [6.07, 6.45) is 3.73. The topological polar surface area (TPSA) is 33.7 Å². The van der Waals surface area contributed by atoms with E-state index < -0.39 is 0 Å². The zero-order chi connectivity index (χ0) is 23.9. The first kappa shape index (κ1) is 24.8. The molecule has 4 nitrogen and oxygen atoms in total. The summed E-state index contributed by atoms with van der Waals surface area (Å²) in [6, 6.07) is 17.5. The zero-order valence-electron chi connectivity index (χ0n) is 19.3. The van der Waals surface area contributed by atoms with E-state index in [1.807, 2.05) is 37.3 Å². The van der Waals surface area contributed by atoms with E-state index in [0.717, 1.165) is 40.6 Å². The summed E-state index contributed by atoms with van der Waals surface area (Å²) in [5.41, 5.74) is 3.90. The predicted octanol–water partition coefficient (Wildman–Crippen LogP) is 8.23. The molecule has 34 heavy (non-hydrogen) atoms. The molecule has 0 bridgehead atoms. The fourth-order valence-corrected chi connectivity index (χ4v) is 4.89. The molecule has 1 N–H and O–H groups in total. The molecular formula is C27H29Cl3N2O2. The number of hydrogen-bond acceptors (Lipinski definition) is 4. The van der Waals surface area contributed by atoms with Crippen molar-refractivity contribution in [3.8, 4) is 11.5 Å². The summed E-state index contributed by atoms with van der Waals surface area (Å²) in [6.45, 7) is 5.50. The van der Waals surface area contributed by atoms with Crippen molar-refractivity contribution >= 4 is 46.2 Å². The third-order valence-corrected chi connectivity index (χ3v) is 6.76. The molecule has 0 spiro atoms. The van der Waals surface area contributed by atoms with Crippen LogP contribution in [0, 0.1) is 0 Å². The summed E-state index contributed by atoms with van der Waals surface area (Å²) >= 11 is 19.0. The zero-order valence-corrected chi connectivity index (χ0v) is 21.5. The van der Waals surface area contributed by atoms with Gasteiger partial charge in [-0.05, 0) is 62.6 Å². The van der Waals surface area contributed by atoms with E-state index in [0.29, 0.717) is 41.3 Å². The van der Waals surface area contributed by atoms with E-state index >= 15 is 0 Å². The number of benzene rings is 3. The van der Waals surface area contributed by atoms with E-state index in [-0.39, 0.29) is 0 Å². The lowest BCUT2D eigenvalue weighted by Crippen LogP contribution is -2.29. The van der Waals surface area contributed by atoms with Crippen LogP contribution >= 0.6 is 34.8 Å². The van der Waals surface area contributed by atoms with Crippen molar-refractivity contribution in [3.63, 3.8) is 0 Å². The normalized spacial score (nSPS) is 13.6. The Kier molecular flexibility index (Phi) is 8.71. The molecule has 0 unspecified atom stereocenters. The van der Waals surface area contributed by atoms with Crippen LogP contribution < -0.4 is 19.7 Å². The highest BCUT2D eigenvalue weighted by Crippen LogP contribution is 2.35. The number of nitrogens with one attached hydrogen (secondary N) is 1. The fourth-order valence-electron chi connectivity index (χ4n) is 4.13. The Morgan fingerprint density at radius 2 is 1.68 bits per heavy atom. The minimum Gasteiger partial charge on any atom is -0.490 e. The van der Waals surface area contributed by atoms with E-state index in [2.05, 4.69) is 22.3 Å². The van der Waals surface area contributed by atoms with Gasteiger partial charge in [-0.1, -0.05) is 53.0 Å². The van der Waals surface area contributed by atoms with Crippen LogP contribution in [0.4, 0.5) is 11.4 Å². The fraction of sp³-hybridized carbons (Fsp3) is 0.333. The lowest BCUT2D eigenvalue weighted by Gasteiger charge is -2.29. The number of piperidine rings is 1. The molecule has 0 radical (unpaired) electrons. The van der Waals surface area contributed by atoms with Crippen molar-refractivity contribution in [3.05, 3.63) is 80.8 Å². The third kappa shape index (κ3) is 6.24. The molecule has 1 aliphatic rings. The highest BCUT2D eigenvalue weighted by molar-refractivity contribution is 6.35. The molecule has 3 aromatic rings. The Morgan fingerprint density at radius 3 is 2.41 bits per heavy atom. The van der Waals surface area contributed by atoms with Crippen molar-refractivity contribution in [1.29, 1.82) is 0 Å². The molecule has 1 heterocycles. The minimum absolute atomic E-state index is 0.309. The van der Waals surface area contributed by atoms with Gasteiger partial charge < -0.3 is 19.7 Å². The second kappa shape index (κ2) is 11.9. The van der Waals surface area contributed by atoms with E-state index in [1.165, 1.54) is 19.3 Å². The number of anilines is 2. The SMILES string of the molecule is CCOc1cccc(CNc2ccc(N3CCCCC3)c(Cl)c2)c1OCc1ccc(Cl)cc1Cl. The van der Waals surface area contributed by atoms with E-state index in [4.69, 9.17) is 44.3 Å². The van der Waals surface area contributed by atoms with E-state index in [9.17, 15) is 0 Å². The minimum atomic E-state index is 0.309. The highest BCUT2D eigenvalue weighted by atomic mass is 35.5. The van der Waals surface area contributed by atoms with Gasteiger partial charge in [-0.3, -0.25) is 0 Å². The van der Waals surface area contributed by atoms with Gasteiger partial charge in [0, 0.05) is 46.5 Å². The summed E-state index contributed by atoms with van der Waals surface area (Å²) in [4.78, 5) is 2.37. The number of rotatable bonds is 9. The molecule has 1 saturated heterocycles. The maximum Gasteiger partial charge on any atom is 0.166 e. The third-order valence-electron chi connectivity index (χ3n) is 5.87. The van der Waals surface area contributed by atoms with Gasteiger partial charge >= 0.3 is 0 Å². The first-order chi connectivity index (χ1) is 16.5. The second-order valence-electron chi connectivity index (χ2n) is 8.27. The van der Waals surface area contributed by atoms with Crippen LogP contribution in [0.3, 0.4) is 0 Å². The van der Waals surface area contributed by atoms with E-state index in [1.54, 1.807) is 12.1 Å². The van der Waals surface area contributed by atoms with Gasteiger partial charge in [0.1, 0.15) is 6.61 Å². The average Bonchev–Trinajstić information content (AvgIpc) is 2.84. The molecule has 0 atom stereocenters. The highest BCUT2D eigenvalue weighted by Gasteiger charge is 2.15. The quantitative estimate of drug-likeness (QED) is 0.309. The predicted molar refractivity (Wildman–Crippen MR) is 143 cm³/mol. The first-order valence-electron chi connectivity index (χ1n) is 11.6. The molecule has 1 fully saturated rings. The number of halogens is 3. The second-order valence-corrected chi connectivity index (χ2v) is 9.52. The van der Waals surface area contributed by atoms with Crippen LogP contribution in [-0.4, -0.2) is 19.7 Å². The van der Waals surface area contributed by atoms with Gasteiger partial charge in [0.2, 0.25) is 0 Å². The molecule has 4 rings (SSSR count). The summed E-state index contributed by atoms with van der Waals surface area (Å²) < 4.78 is 12.0. The van der Waals surface area contributed by atoms with Gasteiger partial charge in [-0.15, -0.1) is 0 Å². The van der Waals surface area contributed by atoms with Gasteiger partial charge in [0.05, 0.1) is 17.3 Å². The summed E-state index contributed by atoms with van der Waals surface area (Å²) in [7, 11) is 0. The van der Waals surface area contributed by atoms with Crippen molar-refractivity contribution in [2.45, 2.75) is 39.3 Å². The molecule has 0 aliphatic carbocycles. The average molecular weight is 520 g/mol. The standard InChI is InChI=1S/C27H29Cl3N2O2/c1-2-33-26-8-6-7-19(27(26)34-18-20-9-10-21(28)15-23(20)29)17-31-22-11-12-25(24(30)16-22)32-13-4-3-5-14-32/h6-12,15-16,31H,2-5,13-14,17-18H2,1H3. The lowest BCUT2D eigenvalue weighted by molar-refractivity contribution is 0.267. The summed E-state index contributed by atoms with van der Waals surface area (Å²) in [5.74, 6) is 1.39. The largest absolute Gasteiger partial charge is 0.490 e. The maximum atomic E-state index is 6.64. The maximum absolute atomic E-state index is 6.64. The summed E-state index contributed by atoms with van der Waals surface area (Å²) in [5, 5.41) is 5.41. The lowest BCUT2D eigenvalue weighted by atomic mass is 10.1. The Labute approximate surface area is 216 Å².